The van der Waals surface area contributed by atoms with Crippen molar-refractivity contribution in [2.45, 2.75) is 18.7 Å². The van der Waals surface area contributed by atoms with E-state index in [2.05, 4.69) is 10.3 Å². The number of hydrogen-bond acceptors (Lipinski definition) is 3. The highest BCUT2D eigenvalue weighted by molar-refractivity contribution is 7.89. The highest BCUT2D eigenvalue weighted by atomic mass is 35.5. The van der Waals surface area contributed by atoms with E-state index >= 15 is 0 Å². The molecule has 2 aromatic rings. The van der Waals surface area contributed by atoms with Gasteiger partial charge in [-0.25, -0.2) is 8.42 Å². The Labute approximate surface area is 134 Å². The summed E-state index contributed by atoms with van der Waals surface area (Å²) in [7, 11) is -3.84. The van der Waals surface area contributed by atoms with E-state index in [0.29, 0.717) is 10.6 Å². The summed E-state index contributed by atoms with van der Waals surface area (Å²) in [4.78, 5) is 14.1. The van der Waals surface area contributed by atoms with E-state index in [1.807, 2.05) is 6.92 Å². The van der Waals surface area contributed by atoms with Crippen LogP contribution in [0.3, 0.4) is 0 Å². The van der Waals surface area contributed by atoms with Gasteiger partial charge < -0.3 is 0 Å². The standard InChI is InChI=1S/C15H15ClN2O3S/c1-10-6-7-14(11(2)8-10)22(20,21)18-17-15(19)12-4-3-5-13(16)9-12/h3-9,18H,1-2H3,(H,17,19). The number of nitrogens with one attached hydrogen (secondary N) is 2. The molecule has 0 aliphatic heterocycles. The first-order valence-corrected chi connectivity index (χ1v) is 8.31. The van der Waals surface area contributed by atoms with Gasteiger partial charge in [-0.15, -0.1) is 4.83 Å². The molecule has 0 heterocycles. The summed E-state index contributed by atoms with van der Waals surface area (Å²) in [5.74, 6) is -0.587. The number of carbonyl (C=O) groups is 1. The molecule has 0 saturated heterocycles. The number of hydrogen-bond donors (Lipinski definition) is 2. The number of carbonyl (C=O) groups excluding carboxylic acids is 1. The Morgan fingerprint density at radius 1 is 1.09 bits per heavy atom. The van der Waals surface area contributed by atoms with E-state index in [1.54, 1.807) is 31.2 Å². The second-order valence-electron chi connectivity index (χ2n) is 4.84. The lowest BCUT2D eigenvalue weighted by Crippen LogP contribution is -2.41. The Morgan fingerprint density at radius 2 is 1.82 bits per heavy atom. The van der Waals surface area contributed by atoms with Crippen LogP contribution >= 0.6 is 11.6 Å². The molecule has 0 spiro atoms. The molecule has 0 radical (unpaired) electrons. The zero-order chi connectivity index (χ0) is 16.3. The fourth-order valence-corrected chi connectivity index (χ4v) is 3.23. The van der Waals surface area contributed by atoms with Gasteiger partial charge in [0.05, 0.1) is 4.90 Å². The number of halogens is 1. The summed E-state index contributed by atoms with van der Waals surface area (Å²) in [6.45, 7) is 3.57. The van der Waals surface area contributed by atoms with Crippen LogP contribution in [0.2, 0.25) is 5.02 Å². The van der Waals surface area contributed by atoms with Gasteiger partial charge in [0.1, 0.15) is 0 Å². The summed E-state index contributed by atoms with van der Waals surface area (Å²) >= 11 is 5.79. The predicted octanol–water partition coefficient (Wildman–Crippen LogP) is 2.58. The Bertz CT molecular complexity index is 819. The molecule has 0 bridgehead atoms. The zero-order valence-corrected chi connectivity index (χ0v) is 13.6. The van der Waals surface area contributed by atoms with Crippen molar-refractivity contribution in [2.24, 2.45) is 0 Å². The van der Waals surface area contributed by atoms with Crippen LogP contribution in [-0.2, 0) is 10.0 Å². The van der Waals surface area contributed by atoms with Crippen LogP contribution in [0, 0.1) is 13.8 Å². The molecule has 5 nitrogen and oxygen atoms in total. The molecular formula is C15H15ClN2O3S. The number of sulfonamides is 1. The first-order chi connectivity index (χ1) is 10.3. The van der Waals surface area contributed by atoms with E-state index < -0.39 is 15.9 Å². The molecule has 0 aromatic heterocycles. The number of rotatable bonds is 4. The molecule has 0 aliphatic carbocycles. The number of amides is 1. The van der Waals surface area contributed by atoms with Gasteiger partial charge in [0.15, 0.2) is 0 Å². The quantitative estimate of drug-likeness (QED) is 0.841. The maximum atomic E-state index is 12.2. The molecule has 0 fully saturated rings. The maximum absolute atomic E-state index is 12.2. The molecule has 1 amide bonds. The van der Waals surface area contributed by atoms with Crippen LogP contribution in [-0.4, -0.2) is 14.3 Å². The monoisotopic (exact) mass is 338 g/mol. The Kier molecular flexibility index (Phi) is 4.85. The van der Waals surface area contributed by atoms with Crippen LogP contribution in [0.15, 0.2) is 47.4 Å². The number of hydrazine groups is 1. The van der Waals surface area contributed by atoms with Crippen molar-refractivity contribution in [1.29, 1.82) is 0 Å². The summed E-state index contributed by atoms with van der Waals surface area (Å²) in [6, 6.07) is 11.2. The molecule has 116 valence electrons. The van der Waals surface area contributed by atoms with E-state index in [-0.39, 0.29) is 10.5 Å². The molecule has 0 saturated carbocycles. The van der Waals surface area contributed by atoms with Crippen LogP contribution in [0.25, 0.3) is 0 Å². The van der Waals surface area contributed by atoms with E-state index in [9.17, 15) is 13.2 Å². The third-order valence-electron chi connectivity index (χ3n) is 3.01. The third-order valence-corrected chi connectivity index (χ3v) is 4.65. The smallest absolute Gasteiger partial charge is 0.266 e. The van der Waals surface area contributed by atoms with Crippen LogP contribution < -0.4 is 10.3 Å². The van der Waals surface area contributed by atoms with Crippen molar-refractivity contribution in [2.75, 3.05) is 0 Å². The van der Waals surface area contributed by atoms with Gasteiger partial charge in [-0.3, -0.25) is 10.2 Å². The molecule has 2 aromatic carbocycles. The highest BCUT2D eigenvalue weighted by Gasteiger charge is 2.18. The number of aryl methyl sites for hydroxylation is 2. The van der Waals surface area contributed by atoms with E-state index in [4.69, 9.17) is 11.6 Å². The van der Waals surface area contributed by atoms with Crippen molar-refractivity contribution in [3.63, 3.8) is 0 Å². The van der Waals surface area contributed by atoms with Crippen molar-refractivity contribution in [1.82, 2.24) is 10.3 Å². The third kappa shape index (κ3) is 3.85. The van der Waals surface area contributed by atoms with Crippen LogP contribution in [0.5, 0.6) is 0 Å². The van der Waals surface area contributed by atoms with Gasteiger partial charge >= 0.3 is 0 Å². The SMILES string of the molecule is Cc1ccc(S(=O)(=O)NNC(=O)c2cccc(Cl)c2)c(C)c1. The summed E-state index contributed by atoms with van der Waals surface area (Å²) < 4.78 is 24.4. The van der Waals surface area contributed by atoms with Crippen molar-refractivity contribution in [3.8, 4) is 0 Å². The van der Waals surface area contributed by atoms with Gasteiger partial charge in [-0.2, -0.15) is 0 Å². The molecule has 0 atom stereocenters. The molecular weight excluding hydrogens is 324 g/mol. The van der Waals surface area contributed by atoms with Gasteiger partial charge in [0, 0.05) is 10.6 Å². The number of benzene rings is 2. The second kappa shape index (κ2) is 6.48. The molecule has 2 rings (SSSR count). The summed E-state index contributed by atoms with van der Waals surface area (Å²) in [6.07, 6.45) is 0. The summed E-state index contributed by atoms with van der Waals surface area (Å²) in [5.41, 5.74) is 3.99. The first kappa shape index (κ1) is 16.5. The van der Waals surface area contributed by atoms with Gasteiger partial charge in [-0.05, 0) is 43.7 Å². The highest BCUT2D eigenvalue weighted by Crippen LogP contribution is 2.16. The van der Waals surface area contributed by atoms with Gasteiger partial charge in [0.25, 0.3) is 15.9 Å². The lowest BCUT2D eigenvalue weighted by atomic mass is 10.2. The molecule has 7 heteroatoms. The molecule has 2 N–H and O–H groups in total. The van der Waals surface area contributed by atoms with Crippen molar-refractivity contribution >= 4 is 27.5 Å². The predicted molar refractivity (Wildman–Crippen MR) is 85.2 cm³/mol. The average Bonchev–Trinajstić information content (AvgIpc) is 2.44. The molecule has 0 unspecified atom stereocenters. The van der Waals surface area contributed by atoms with Crippen molar-refractivity contribution in [3.05, 3.63) is 64.2 Å². The largest absolute Gasteiger partial charge is 0.273 e. The Morgan fingerprint density at radius 3 is 2.45 bits per heavy atom. The Hall–Kier alpha value is -1.89. The fourth-order valence-electron chi connectivity index (χ4n) is 1.97. The normalized spacial score (nSPS) is 11.2. The van der Waals surface area contributed by atoms with E-state index in [1.165, 1.54) is 18.2 Å². The van der Waals surface area contributed by atoms with Crippen molar-refractivity contribution < 1.29 is 13.2 Å². The second-order valence-corrected chi connectivity index (χ2v) is 6.93. The minimum Gasteiger partial charge on any atom is -0.273 e. The topological polar surface area (TPSA) is 75.3 Å². The van der Waals surface area contributed by atoms with Gasteiger partial charge in [-0.1, -0.05) is 35.4 Å². The lowest BCUT2D eigenvalue weighted by Gasteiger charge is -2.11. The van der Waals surface area contributed by atoms with Crippen LogP contribution in [0.1, 0.15) is 21.5 Å². The lowest BCUT2D eigenvalue weighted by molar-refractivity contribution is 0.0945. The molecule has 22 heavy (non-hydrogen) atoms. The first-order valence-electron chi connectivity index (χ1n) is 6.44. The minimum atomic E-state index is -3.84. The Balaban J connectivity index is 2.14. The minimum absolute atomic E-state index is 0.115. The van der Waals surface area contributed by atoms with Gasteiger partial charge in [0.2, 0.25) is 0 Å². The zero-order valence-electron chi connectivity index (χ0n) is 12.1. The summed E-state index contributed by atoms with van der Waals surface area (Å²) in [5, 5.41) is 0.393. The average molecular weight is 339 g/mol. The maximum Gasteiger partial charge on any atom is 0.266 e. The van der Waals surface area contributed by atoms with E-state index in [0.717, 1.165) is 5.56 Å². The molecule has 0 aliphatic rings. The fraction of sp³-hybridized carbons (Fsp3) is 0.133. The van der Waals surface area contributed by atoms with Crippen LogP contribution in [0.4, 0.5) is 0 Å².